The quantitative estimate of drug-likeness (QED) is 0.719. The van der Waals surface area contributed by atoms with Crippen LogP contribution in [0.1, 0.15) is 11.3 Å². The molecule has 2 N–H and O–H groups in total. The van der Waals surface area contributed by atoms with Gasteiger partial charge in [-0.3, -0.25) is 14.7 Å². The highest BCUT2D eigenvalue weighted by atomic mass is 32.1. The molecule has 0 aliphatic carbocycles. The number of thiophene rings is 1. The standard InChI is InChI=1S/C19H19N3O4S/c1-25-15-8-12(16-3-2-6-27-16)7-13-10-22(4-5-26-18(13)15)11-14-9-17(23)21-19(24)20-14/h2-3,6-9H,4-5,10-11H2,1H3,(H2,20,21,23,24). The molecule has 2 aromatic heterocycles. The first-order valence-corrected chi connectivity index (χ1v) is 9.43. The second-order valence-electron chi connectivity index (χ2n) is 6.32. The number of benzene rings is 1. The summed E-state index contributed by atoms with van der Waals surface area (Å²) in [6.45, 7) is 2.24. The summed E-state index contributed by atoms with van der Waals surface area (Å²) >= 11 is 1.67. The zero-order valence-corrected chi connectivity index (χ0v) is 15.6. The van der Waals surface area contributed by atoms with E-state index in [9.17, 15) is 9.59 Å². The molecule has 3 heterocycles. The Balaban J connectivity index is 1.67. The normalized spacial score (nSPS) is 14.3. The van der Waals surface area contributed by atoms with Gasteiger partial charge in [0.2, 0.25) is 0 Å². The first-order chi connectivity index (χ1) is 13.1. The summed E-state index contributed by atoms with van der Waals surface area (Å²) in [6.07, 6.45) is 0. The minimum Gasteiger partial charge on any atom is -0.493 e. The summed E-state index contributed by atoms with van der Waals surface area (Å²) in [7, 11) is 1.64. The summed E-state index contributed by atoms with van der Waals surface area (Å²) in [5, 5.41) is 2.04. The van der Waals surface area contributed by atoms with E-state index in [1.165, 1.54) is 6.07 Å². The number of nitrogens with zero attached hydrogens (tertiary/aromatic N) is 1. The lowest BCUT2D eigenvalue weighted by Crippen LogP contribution is -2.29. The van der Waals surface area contributed by atoms with E-state index in [0.717, 1.165) is 21.8 Å². The topological polar surface area (TPSA) is 87.4 Å². The number of ether oxygens (including phenoxy) is 2. The fraction of sp³-hybridized carbons (Fsp3) is 0.263. The molecule has 0 unspecified atom stereocenters. The molecule has 27 heavy (non-hydrogen) atoms. The Bertz CT molecular complexity index is 1030. The smallest absolute Gasteiger partial charge is 0.325 e. The van der Waals surface area contributed by atoms with Crippen molar-refractivity contribution in [3.63, 3.8) is 0 Å². The first kappa shape index (κ1) is 17.6. The Kier molecular flexibility index (Phi) is 4.83. The fourth-order valence-corrected chi connectivity index (χ4v) is 3.97. The minimum atomic E-state index is -0.495. The van der Waals surface area contributed by atoms with Gasteiger partial charge < -0.3 is 14.5 Å². The Morgan fingerprint density at radius 2 is 2.15 bits per heavy atom. The summed E-state index contributed by atoms with van der Waals surface area (Å²) in [5.41, 5.74) is 1.78. The average molecular weight is 385 g/mol. The lowest BCUT2D eigenvalue weighted by atomic mass is 10.1. The van der Waals surface area contributed by atoms with Crippen LogP contribution in [-0.4, -0.2) is 35.1 Å². The molecule has 7 nitrogen and oxygen atoms in total. The van der Waals surface area contributed by atoms with Crippen molar-refractivity contribution in [2.75, 3.05) is 20.3 Å². The van der Waals surface area contributed by atoms with Crippen LogP contribution in [-0.2, 0) is 13.1 Å². The molecule has 0 amide bonds. The molecule has 0 radical (unpaired) electrons. The Morgan fingerprint density at radius 1 is 1.26 bits per heavy atom. The SMILES string of the molecule is COc1cc(-c2cccs2)cc2c1OCCN(Cc1cc(=O)[nH]c(=O)[nH]1)C2. The molecule has 0 fully saturated rings. The predicted octanol–water partition coefficient (Wildman–Crippen LogP) is 2.19. The van der Waals surface area contributed by atoms with Crippen LogP contribution in [0.3, 0.4) is 0 Å². The molecule has 1 aliphatic heterocycles. The van der Waals surface area contributed by atoms with E-state index in [1.54, 1.807) is 18.4 Å². The number of rotatable bonds is 4. The van der Waals surface area contributed by atoms with E-state index in [0.29, 0.717) is 37.7 Å². The Labute approximate surface area is 159 Å². The number of H-pyrrole nitrogens is 2. The van der Waals surface area contributed by atoms with Crippen molar-refractivity contribution in [2.45, 2.75) is 13.1 Å². The zero-order chi connectivity index (χ0) is 18.8. The molecule has 3 aromatic rings. The number of hydrogen-bond donors (Lipinski definition) is 2. The Hall–Kier alpha value is -2.84. The van der Waals surface area contributed by atoms with Crippen molar-refractivity contribution >= 4 is 11.3 Å². The highest BCUT2D eigenvalue weighted by Gasteiger charge is 2.21. The molecule has 140 valence electrons. The van der Waals surface area contributed by atoms with Crippen molar-refractivity contribution in [1.82, 2.24) is 14.9 Å². The van der Waals surface area contributed by atoms with Crippen molar-refractivity contribution in [2.24, 2.45) is 0 Å². The maximum atomic E-state index is 11.5. The summed E-state index contributed by atoms with van der Waals surface area (Å²) in [6, 6.07) is 9.61. The van der Waals surface area contributed by atoms with Gasteiger partial charge in [0.25, 0.3) is 5.56 Å². The lowest BCUT2D eigenvalue weighted by molar-refractivity contribution is 0.215. The zero-order valence-electron chi connectivity index (χ0n) is 14.8. The third kappa shape index (κ3) is 3.81. The number of nitrogens with one attached hydrogen (secondary N) is 2. The molecular weight excluding hydrogens is 366 g/mol. The van der Waals surface area contributed by atoms with Gasteiger partial charge in [-0.15, -0.1) is 11.3 Å². The van der Waals surface area contributed by atoms with Gasteiger partial charge in [-0.05, 0) is 29.1 Å². The maximum absolute atomic E-state index is 11.5. The van der Waals surface area contributed by atoms with Gasteiger partial charge in [0.15, 0.2) is 11.5 Å². The number of methoxy groups -OCH3 is 1. The van der Waals surface area contributed by atoms with Crippen molar-refractivity contribution in [3.05, 3.63) is 67.8 Å². The molecule has 8 heteroatoms. The van der Waals surface area contributed by atoms with Crippen molar-refractivity contribution < 1.29 is 9.47 Å². The number of aromatic nitrogens is 2. The van der Waals surface area contributed by atoms with E-state index in [-0.39, 0.29) is 0 Å². The monoisotopic (exact) mass is 385 g/mol. The van der Waals surface area contributed by atoms with Crippen LogP contribution in [0.25, 0.3) is 10.4 Å². The number of aromatic amines is 2. The third-order valence-electron chi connectivity index (χ3n) is 4.42. The summed E-state index contributed by atoms with van der Waals surface area (Å²) < 4.78 is 11.5. The number of fused-ring (bicyclic) bond motifs is 1. The van der Waals surface area contributed by atoms with E-state index in [4.69, 9.17) is 9.47 Å². The van der Waals surface area contributed by atoms with Crippen LogP contribution >= 0.6 is 11.3 Å². The van der Waals surface area contributed by atoms with Crippen molar-refractivity contribution in [3.8, 4) is 21.9 Å². The third-order valence-corrected chi connectivity index (χ3v) is 5.33. The van der Waals surface area contributed by atoms with Crippen LogP contribution in [0.15, 0.2) is 45.3 Å². The van der Waals surface area contributed by atoms with E-state index in [2.05, 4.69) is 27.0 Å². The van der Waals surface area contributed by atoms with Crippen LogP contribution in [0, 0.1) is 0 Å². The highest BCUT2D eigenvalue weighted by molar-refractivity contribution is 7.13. The molecule has 1 aromatic carbocycles. The average Bonchev–Trinajstić information content (AvgIpc) is 3.08. The second kappa shape index (κ2) is 7.42. The van der Waals surface area contributed by atoms with Gasteiger partial charge in [0, 0.05) is 41.8 Å². The molecule has 0 atom stereocenters. The second-order valence-corrected chi connectivity index (χ2v) is 7.26. The maximum Gasteiger partial charge on any atom is 0.325 e. The molecular formula is C19H19N3O4S. The molecule has 0 saturated heterocycles. The fourth-order valence-electron chi connectivity index (χ4n) is 3.26. The molecule has 0 spiro atoms. The predicted molar refractivity (Wildman–Crippen MR) is 104 cm³/mol. The van der Waals surface area contributed by atoms with Crippen LogP contribution in [0.2, 0.25) is 0 Å². The first-order valence-electron chi connectivity index (χ1n) is 8.55. The van der Waals surface area contributed by atoms with Gasteiger partial charge in [-0.2, -0.15) is 0 Å². The van der Waals surface area contributed by atoms with E-state index < -0.39 is 11.2 Å². The largest absolute Gasteiger partial charge is 0.493 e. The van der Waals surface area contributed by atoms with E-state index >= 15 is 0 Å². The highest BCUT2D eigenvalue weighted by Crippen LogP contribution is 2.39. The van der Waals surface area contributed by atoms with Crippen LogP contribution < -0.4 is 20.7 Å². The lowest BCUT2D eigenvalue weighted by Gasteiger charge is -2.19. The van der Waals surface area contributed by atoms with Gasteiger partial charge in [0.05, 0.1) is 7.11 Å². The van der Waals surface area contributed by atoms with Gasteiger partial charge in [0.1, 0.15) is 6.61 Å². The van der Waals surface area contributed by atoms with Gasteiger partial charge in [-0.1, -0.05) is 6.07 Å². The van der Waals surface area contributed by atoms with Crippen molar-refractivity contribution in [1.29, 1.82) is 0 Å². The Morgan fingerprint density at radius 3 is 2.89 bits per heavy atom. The summed E-state index contributed by atoms with van der Waals surface area (Å²) in [4.78, 5) is 31.2. The molecule has 1 aliphatic rings. The number of hydrogen-bond acceptors (Lipinski definition) is 6. The molecule has 0 saturated carbocycles. The van der Waals surface area contributed by atoms with Gasteiger partial charge in [-0.25, -0.2) is 4.79 Å². The van der Waals surface area contributed by atoms with Crippen LogP contribution in [0.5, 0.6) is 11.5 Å². The molecule has 4 rings (SSSR count). The summed E-state index contributed by atoms with van der Waals surface area (Å²) in [5.74, 6) is 1.46. The van der Waals surface area contributed by atoms with E-state index in [1.807, 2.05) is 17.5 Å². The molecule has 0 bridgehead atoms. The minimum absolute atomic E-state index is 0.401. The van der Waals surface area contributed by atoms with Crippen LogP contribution in [0.4, 0.5) is 0 Å². The van der Waals surface area contributed by atoms with Gasteiger partial charge >= 0.3 is 5.69 Å².